The van der Waals surface area contributed by atoms with E-state index in [9.17, 15) is 13.2 Å². The molecule has 1 atom stereocenters. The van der Waals surface area contributed by atoms with Crippen molar-refractivity contribution in [2.24, 2.45) is 5.73 Å². The van der Waals surface area contributed by atoms with Crippen LogP contribution in [0.4, 0.5) is 13.2 Å². The summed E-state index contributed by atoms with van der Waals surface area (Å²) >= 11 is 0. The fourth-order valence-corrected chi connectivity index (χ4v) is 2.35. The third kappa shape index (κ3) is 3.83. The molecular formula is C16H17F3N2. The van der Waals surface area contributed by atoms with Crippen molar-refractivity contribution >= 4 is 0 Å². The minimum Gasteiger partial charge on any atom is -0.329 e. The highest BCUT2D eigenvalue weighted by Crippen LogP contribution is 2.23. The molecule has 0 aromatic heterocycles. The minimum absolute atomic E-state index is 0.175. The number of hydrogen-bond acceptors (Lipinski definition) is 2. The zero-order valence-corrected chi connectivity index (χ0v) is 11.7. The lowest BCUT2D eigenvalue weighted by atomic mass is 10.0. The lowest BCUT2D eigenvalue weighted by Gasteiger charge is -2.27. The van der Waals surface area contributed by atoms with Crippen molar-refractivity contribution in [3.8, 4) is 0 Å². The summed E-state index contributed by atoms with van der Waals surface area (Å²) in [7, 11) is 1.77. The largest absolute Gasteiger partial charge is 0.329 e. The predicted octanol–water partition coefficient (Wildman–Crippen LogP) is 3.24. The number of hydrogen-bond donors (Lipinski definition) is 1. The molecule has 2 aromatic carbocycles. The van der Waals surface area contributed by atoms with E-state index >= 15 is 0 Å². The van der Waals surface area contributed by atoms with E-state index in [0.29, 0.717) is 12.1 Å². The summed E-state index contributed by atoms with van der Waals surface area (Å²) < 4.78 is 40.0. The molecule has 5 heteroatoms. The van der Waals surface area contributed by atoms with Gasteiger partial charge >= 0.3 is 0 Å². The van der Waals surface area contributed by atoms with Gasteiger partial charge in [-0.05, 0) is 30.8 Å². The second kappa shape index (κ2) is 6.74. The van der Waals surface area contributed by atoms with Gasteiger partial charge in [-0.2, -0.15) is 0 Å². The Hall–Kier alpha value is -1.85. The average molecular weight is 294 g/mol. The van der Waals surface area contributed by atoms with Crippen molar-refractivity contribution in [1.29, 1.82) is 0 Å². The summed E-state index contributed by atoms with van der Waals surface area (Å²) in [5, 5.41) is 0. The van der Waals surface area contributed by atoms with Gasteiger partial charge in [-0.15, -0.1) is 0 Å². The summed E-state index contributed by atoms with van der Waals surface area (Å²) in [5.74, 6) is -1.57. The molecule has 2 nitrogen and oxygen atoms in total. The highest BCUT2D eigenvalue weighted by Gasteiger charge is 2.19. The van der Waals surface area contributed by atoms with Crippen molar-refractivity contribution in [2.45, 2.75) is 12.6 Å². The molecule has 2 aromatic rings. The van der Waals surface area contributed by atoms with Crippen LogP contribution in [0.15, 0.2) is 42.5 Å². The Morgan fingerprint density at radius 3 is 2.38 bits per heavy atom. The van der Waals surface area contributed by atoms with Gasteiger partial charge in [0.1, 0.15) is 17.5 Å². The smallest absolute Gasteiger partial charge is 0.130 e. The minimum atomic E-state index is -0.628. The van der Waals surface area contributed by atoms with Gasteiger partial charge in [-0.3, -0.25) is 4.90 Å². The zero-order chi connectivity index (χ0) is 15.4. The van der Waals surface area contributed by atoms with Gasteiger partial charge in [0, 0.05) is 30.8 Å². The maximum atomic E-state index is 13.9. The number of nitrogens with two attached hydrogens (primary N) is 1. The molecule has 0 saturated carbocycles. The number of halogens is 3. The van der Waals surface area contributed by atoms with Crippen LogP contribution in [-0.4, -0.2) is 18.5 Å². The van der Waals surface area contributed by atoms with Crippen LogP contribution in [0, 0.1) is 17.5 Å². The monoisotopic (exact) mass is 294 g/mol. The van der Waals surface area contributed by atoms with Crippen LogP contribution >= 0.6 is 0 Å². The van der Waals surface area contributed by atoms with Crippen molar-refractivity contribution in [3.63, 3.8) is 0 Å². The molecule has 0 bridgehead atoms. The van der Waals surface area contributed by atoms with Gasteiger partial charge in [0.15, 0.2) is 0 Å². The van der Waals surface area contributed by atoms with Crippen molar-refractivity contribution in [2.75, 3.05) is 13.6 Å². The Bertz CT molecular complexity index is 616. The van der Waals surface area contributed by atoms with E-state index in [2.05, 4.69) is 0 Å². The SMILES string of the molecule is CN(Cc1cccc(F)c1)C(CN)c1ccc(F)cc1F. The van der Waals surface area contributed by atoms with Gasteiger partial charge in [0.05, 0.1) is 0 Å². The molecule has 0 heterocycles. The zero-order valence-electron chi connectivity index (χ0n) is 11.7. The fourth-order valence-electron chi connectivity index (χ4n) is 2.35. The first-order valence-electron chi connectivity index (χ1n) is 6.61. The summed E-state index contributed by atoms with van der Waals surface area (Å²) in [6.45, 7) is 0.588. The number of nitrogens with zero attached hydrogens (tertiary/aromatic N) is 1. The maximum absolute atomic E-state index is 13.9. The van der Waals surface area contributed by atoms with Gasteiger partial charge < -0.3 is 5.73 Å². The van der Waals surface area contributed by atoms with Crippen LogP contribution < -0.4 is 5.73 Å². The van der Waals surface area contributed by atoms with E-state index in [4.69, 9.17) is 5.73 Å². The van der Waals surface area contributed by atoms with E-state index in [1.54, 1.807) is 19.2 Å². The van der Waals surface area contributed by atoms with Crippen LogP contribution in [-0.2, 0) is 6.54 Å². The summed E-state index contributed by atoms with van der Waals surface area (Å²) in [5.41, 5.74) is 6.81. The number of benzene rings is 2. The number of rotatable bonds is 5. The Balaban J connectivity index is 2.20. The molecule has 0 aliphatic rings. The van der Waals surface area contributed by atoms with E-state index in [-0.39, 0.29) is 12.4 Å². The van der Waals surface area contributed by atoms with Crippen LogP contribution in [0.1, 0.15) is 17.2 Å². The molecule has 0 amide bonds. The summed E-state index contributed by atoms with van der Waals surface area (Å²) in [6.07, 6.45) is 0. The first kappa shape index (κ1) is 15.5. The second-order valence-corrected chi connectivity index (χ2v) is 4.96. The Morgan fingerprint density at radius 2 is 1.76 bits per heavy atom. The molecule has 1 unspecified atom stereocenters. The predicted molar refractivity (Wildman–Crippen MR) is 76.0 cm³/mol. The number of likely N-dealkylation sites (N-methyl/N-ethyl adjacent to an activating group) is 1. The van der Waals surface area contributed by atoms with Gasteiger partial charge in [0.2, 0.25) is 0 Å². The molecule has 2 rings (SSSR count). The van der Waals surface area contributed by atoms with Gasteiger partial charge in [0.25, 0.3) is 0 Å². The molecule has 0 aliphatic carbocycles. The lowest BCUT2D eigenvalue weighted by Crippen LogP contribution is -2.31. The maximum Gasteiger partial charge on any atom is 0.130 e. The van der Waals surface area contributed by atoms with Crippen molar-refractivity contribution in [1.82, 2.24) is 4.90 Å². The quantitative estimate of drug-likeness (QED) is 0.917. The normalized spacial score (nSPS) is 12.7. The average Bonchev–Trinajstić information content (AvgIpc) is 2.42. The standard InChI is InChI=1S/C16H17F3N2/c1-21(10-11-3-2-4-12(17)7-11)16(9-20)14-6-5-13(18)8-15(14)19/h2-8,16H,9-10,20H2,1H3. The Labute approximate surface area is 122 Å². The van der Waals surface area contributed by atoms with Crippen LogP contribution in [0.2, 0.25) is 0 Å². The van der Waals surface area contributed by atoms with Crippen LogP contribution in [0.25, 0.3) is 0 Å². The third-order valence-corrected chi connectivity index (χ3v) is 3.40. The highest BCUT2D eigenvalue weighted by atomic mass is 19.1. The lowest BCUT2D eigenvalue weighted by molar-refractivity contribution is 0.236. The summed E-state index contributed by atoms with van der Waals surface area (Å²) in [6, 6.07) is 9.22. The van der Waals surface area contributed by atoms with E-state index in [1.807, 2.05) is 4.90 Å². The van der Waals surface area contributed by atoms with E-state index in [0.717, 1.165) is 11.6 Å². The molecule has 112 valence electrons. The van der Waals surface area contributed by atoms with E-state index < -0.39 is 17.7 Å². The van der Waals surface area contributed by atoms with Gasteiger partial charge in [-0.25, -0.2) is 13.2 Å². The second-order valence-electron chi connectivity index (χ2n) is 4.96. The molecule has 2 N–H and O–H groups in total. The highest BCUT2D eigenvalue weighted by molar-refractivity contribution is 5.23. The molecule has 0 fully saturated rings. The van der Waals surface area contributed by atoms with Crippen molar-refractivity contribution in [3.05, 3.63) is 71.0 Å². The molecule has 0 radical (unpaired) electrons. The van der Waals surface area contributed by atoms with Gasteiger partial charge in [-0.1, -0.05) is 18.2 Å². The molecule has 0 spiro atoms. The van der Waals surface area contributed by atoms with E-state index in [1.165, 1.54) is 24.3 Å². The molecule has 21 heavy (non-hydrogen) atoms. The molecule has 0 aliphatic heterocycles. The first-order valence-corrected chi connectivity index (χ1v) is 6.61. The topological polar surface area (TPSA) is 29.3 Å². The third-order valence-electron chi connectivity index (χ3n) is 3.40. The Kier molecular flexibility index (Phi) is 4.98. The summed E-state index contributed by atoms with van der Waals surface area (Å²) in [4.78, 5) is 1.81. The van der Waals surface area contributed by atoms with Crippen molar-refractivity contribution < 1.29 is 13.2 Å². The van der Waals surface area contributed by atoms with Crippen LogP contribution in [0.3, 0.4) is 0 Å². The first-order chi connectivity index (χ1) is 10.0. The fraction of sp³-hybridized carbons (Fsp3) is 0.250. The Morgan fingerprint density at radius 1 is 1.05 bits per heavy atom. The van der Waals surface area contributed by atoms with Crippen LogP contribution in [0.5, 0.6) is 0 Å². The molecule has 0 saturated heterocycles. The molecular weight excluding hydrogens is 277 g/mol.